The molecule has 1 nitrogen and oxygen atoms in total. The molecule has 0 saturated heterocycles. The molecular weight excluding hydrogens is 146 g/mol. The van der Waals surface area contributed by atoms with E-state index >= 15 is 0 Å². The highest BCUT2D eigenvalue weighted by molar-refractivity contribution is 5.04. The number of nitriles is 1. The largest absolute Gasteiger partial charge is 0.198 e. The Kier molecular flexibility index (Phi) is 5.80. The molecule has 0 aromatic heterocycles. The first kappa shape index (κ1) is 11.5. The van der Waals surface area contributed by atoms with Gasteiger partial charge in [-0.15, -0.1) is 0 Å². The summed E-state index contributed by atoms with van der Waals surface area (Å²) in [6.45, 7) is 6.31. The summed E-state index contributed by atoms with van der Waals surface area (Å²) in [5.41, 5.74) is -0.177. The summed E-state index contributed by atoms with van der Waals surface area (Å²) in [6, 6.07) is 2.38. The zero-order valence-electron chi connectivity index (χ0n) is 8.56. The fourth-order valence-electron chi connectivity index (χ4n) is 1.40. The van der Waals surface area contributed by atoms with Crippen LogP contribution in [0.2, 0.25) is 0 Å². The minimum atomic E-state index is -0.177. The van der Waals surface area contributed by atoms with Gasteiger partial charge in [0.25, 0.3) is 0 Å². The first-order valence-electron chi connectivity index (χ1n) is 4.94. The van der Waals surface area contributed by atoms with E-state index in [4.69, 9.17) is 5.26 Å². The molecule has 69 valence electrons. The number of hydrogen-bond acceptors (Lipinski definition) is 1. The van der Waals surface area contributed by atoms with E-state index < -0.39 is 0 Å². The van der Waals surface area contributed by atoms with E-state index in [9.17, 15) is 0 Å². The van der Waals surface area contributed by atoms with Gasteiger partial charge in [0.05, 0.1) is 11.5 Å². The lowest BCUT2D eigenvalue weighted by Crippen LogP contribution is -2.13. The molecule has 1 heteroatoms. The van der Waals surface area contributed by atoms with E-state index in [0.717, 1.165) is 12.8 Å². The third-order valence-corrected chi connectivity index (χ3v) is 2.21. The maximum Gasteiger partial charge on any atom is 0.0689 e. The zero-order chi connectivity index (χ0) is 9.45. The van der Waals surface area contributed by atoms with E-state index in [1.807, 2.05) is 6.92 Å². The van der Waals surface area contributed by atoms with Gasteiger partial charge in [0.15, 0.2) is 0 Å². The van der Waals surface area contributed by atoms with Crippen LogP contribution in [-0.4, -0.2) is 0 Å². The van der Waals surface area contributed by atoms with E-state index in [-0.39, 0.29) is 5.41 Å². The molecular formula is C11H20N. The third kappa shape index (κ3) is 4.38. The third-order valence-electron chi connectivity index (χ3n) is 2.21. The SMILES string of the molecule is CC[CH]C(C)(C#N)CCCCC. The Morgan fingerprint density at radius 2 is 2.00 bits per heavy atom. The van der Waals surface area contributed by atoms with E-state index in [2.05, 4.69) is 26.3 Å². The van der Waals surface area contributed by atoms with Gasteiger partial charge in [-0.3, -0.25) is 0 Å². The lowest BCUT2D eigenvalue weighted by Gasteiger charge is -2.19. The quantitative estimate of drug-likeness (QED) is 0.552. The number of rotatable bonds is 6. The van der Waals surface area contributed by atoms with Gasteiger partial charge in [-0.1, -0.05) is 39.5 Å². The maximum absolute atomic E-state index is 8.93. The molecule has 0 amide bonds. The van der Waals surface area contributed by atoms with Gasteiger partial charge < -0.3 is 0 Å². The molecule has 0 rings (SSSR count). The summed E-state index contributed by atoms with van der Waals surface area (Å²) >= 11 is 0. The Morgan fingerprint density at radius 3 is 2.42 bits per heavy atom. The van der Waals surface area contributed by atoms with Crippen LogP contribution < -0.4 is 0 Å². The molecule has 0 aliphatic carbocycles. The first-order chi connectivity index (χ1) is 5.68. The second kappa shape index (κ2) is 6.06. The molecule has 0 aromatic carbocycles. The standard InChI is InChI=1S/C11H20N/c1-4-6-7-9-11(3,10-12)8-5-2/h8H,4-7,9H2,1-3H3. The van der Waals surface area contributed by atoms with Crippen molar-refractivity contribution in [2.45, 2.75) is 52.9 Å². The minimum Gasteiger partial charge on any atom is -0.198 e. The van der Waals surface area contributed by atoms with Crippen molar-refractivity contribution < 1.29 is 0 Å². The Bertz CT molecular complexity index is 146. The number of hydrogen-bond donors (Lipinski definition) is 0. The van der Waals surface area contributed by atoms with Gasteiger partial charge in [0.2, 0.25) is 0 Å². The summed E-state index contributed by atoms with van der Waals surface area (Å²) in [6.07, 6.45) is 7.80. The molecule has 1 atom stereocenters. The molecule has 0 saturated carbocycles. The lowest BCUT2D eigenvalue weighted by atomic mass is 9.82. The van der Waals surface area contributed by atoms with Crippen LogP contribution in [0.4, 0.5) is 0 Å². The Hall–Kier alpha value is -0.510. The Balaban J connectivity index is 3.73. The smallest absolute Gasteiger partial charge is 0.0689 e. The molecule has 0 aromatic rings. The van der Waals surface area contributed by atoms with Crippen LogP contribution in [-0.2, 0) is 0 Å². The summed E-state index contributed by atoms with van der Waals surface area (Å²) in [7, 11) is 0. The van der Waals surface area contributed by atoms with Crippen LogP contribution in [0.25, 0.3) is 0 Å². The molecule has 0 bridgehead atoms. The van der Waals surface area contributed by atoms with Gasteiger partial charge in [-0.2, -0.15) is 5.26 Å². The lowest BCUT2D eigenvalue weighted by molar-refractivity contribution is 0.435. The molecule has 1 radical (unpaired) electrons. The van der Waals surface area contributed by atoms with Gasteiger partial charge in [-0.05, 0) is 19.8 Å². The van der Waals surface area contributed by atoms with Crippen LogP contribution in [0.3, 0.4) is 0 Å². The second-order valence-corrected chi connectivity index (χ2v) is 3.60. The molecule has 0 N–H and O–H groups in total. The highest BCUT2D eigenvalue weighted by Gasteiger charge is 2.21. The monoisotopic (exact) mass is 166 g/mol. The molecule has 0 spiro atoms. The summed E-state index contributed by atoms with van der Waals surface area (Å²) in [5.74, 6) is 0. The van der Waals surface area contributed by atoms with Crippen molar-refractivity contribution in [2.75, 3.05) is 0 Å². The number of unbranched alkanes of at least 4 members (excludes halogenated alkanes) is 2. The fourth-order valence-corrected chi connectivity index (χ4v) is 1.40. The van der Waals surface area contributed by atoms with Crippen molar-refractivity contribution in [3.63, 3.8) is 0 Å². The van der Waals surface area contributed by atoms with Gasteiger partial charge in [-0.25, -0.2) is 0 Å². The molecule has 0 fully saturated rings. The fraction of sp³-hybridized carbons (Fsp3) is 0.818. The normalized spacial score (nSPS) is 15.2. The van der Waals surface area contributed by atoms with Crippen molar-refractivity contribution in [1.82, 2.24) is 0 Å². The predicted octanol–water partition coefficient (Wildman–Crippen LogP) is 3.71. The first-order valence-corrected chi connectivity index (χ1v) is 4.94. The van der Waals surface area contributed by atoms with Crippen molar-refractivity contribution in [3.8, 4) is 6.07 Å². The van der Waals surface area contributed by atoms with Crippen LogP contribution in [0.5, 0.6) is 0 Å². The van der Waals surface area contributed by atoms with Crippen LogP contribution in [0.1, 0.15) is 52.9 Å². The maximum atomic E-state index is 8.93. The van der Waals surface area contributed by atoms with Crippen molar-refractivity contribution in [2.24, 2.45) is 5.41 Å². The van der Waals surface area contributed by atoms with Gasteiger partial charge >= 0.3 is 0 Å². The molecule has 12 heavy (non-hydrogen) atoms. The van der Waals surface area contributed by atoms with Crippen LogP contribution in [0.15, 0.2) is 0 Å². The van der Waals surface area contributed by atoms with Crippen molar-refractivity contribution >= 4 is 0 Å². The van der Waals surface area contributed by atoms with Crippen LogP contribution >= 0.6 is 0 Å². The highest BCUT2D eigenvalue weighted by Crippen LogP contribution is 2.27. The zero-order valence-corrected chi connectivity index (χ0v) is 8.56. The molecule has 1 unspecified atom stereocenters. The second-order valence-electron chi connectivity index (χ2n) is 3.60. The van der Waals surface area contributed by atoms with Gasteiger partial charge in [0, 0.05) is 0 Å². The van der Waals surface area contributed by atoms with Crippen molar-refractivity contribution in [1.29, 1.82) is 5.26 Å². The summed E-state index contributed by atoms with van der Waals surface area (Å²) in [5, 5.41) is 8.93. The Morgan fingerprint density at radius 1 is 1.33 bits per heavy atom. The highest BCUT2D eigenvalue weighted by atomic mass is 14.3. The van der Waals surface area contributed by atoms with Gasteiger partial charge in [0.1, 0.15) is 0 Å². The van der Waals surface area contributed by atoms with Crippen LogP contribution in [0, 0.1) is 23.2 Å². The molecule has 0 aliphatic rings. The summed E-state index contributed by atoms with van der Waals surface area (Å²) < 4.78 is 0. The molecule has 0 aliphatic heterocycles. The minimum absolute atomic E-state index is 0.177. The topological polar surface area (TPSA) is 23.8 Å². The number of nitrogens with zero attached hydrogens (tertiary/aromatic N) is 1. The predicted molar refractivity (Wildman–Crippen MR) is 52.5 cm³/mol. The summed E-state index contributed by atoms with van der Waals surface area (Å²) in [4.78, 5) is 0. The average Bonchev–Trinajstić information content (AvgIpc) is 2.06. The van der Waals surface area contributed by atoms with E-state index in [1.165, 1.54) is 19.3 Å². The Labute approximate surface area is 76.8 Å². The average molecular weight is 166 g/mol. The van der Waals surface area contributed by atoms with E-state index in [1.54, 1.807) is 0 Å². The molecule has 0 heterocycles. The van der Waals surface area contributed by atoms with Crippen molar-refractivity contribution in [3.05, 3.63) is 6.42 Å². The van der Waals surface area contributed by atoms with E-state index in [0.29, 0.717) is 0 Å².